The third-order valence-electron chi connectivity index (χ3n) is 4.03. The lowest BCUT2D eigenvalue weighted by molar-refractivity contribution is 0.0733. The van der Waals surface area contributed by atoms with Gasteiger partial charge in [0.05, 0.1) is 17.2 Å². The highest BCUT2D eigenvalue weighted by molar-refractivity contribution is 7.13. The van der Waals surface area contributed by atoms with E-state index in [1.165, 1.54) is 11.3 Å². The topological polar surface area (TPSA) is 72.1 Å². The first-order valence-corrected chi connectivity index (χ1v) is 8.11. The Bertz CT molecular complexity index is 676. The summed E-state index contributed by atoms with van der Waals surface area (Å²) in [6, 6.07) is -0.0591. The standard InChI is InChI=1S/C14H16N4O2S/c1-8-15-7-11(21-8)14(19)18-6-2-3-10(18)12-16-13(20-17-12)9-4-5-9/h7,9-10H,2-6H2,1H3. The van der Waals surface area contributed by atoms with Crippen molar-refractivity contribution in [1.82, 2.24) is 20.0 Å². The van der Waals surface area contributed by atoms with E-state index in [0.29, 0.717) is 16.6 Å². The van der Waals surface area contributed by atoms with Gasteiger partial charge in [-0.1, -0.05) is 5.16 Å². The Balaban J connectivity index is 1.57. The molecule has 0 aromatic carbocycles. The number of carbonyl (C=O) groups is 1. The summed E-state index contributed by atoms with van der Waals surface area (Å²) in [4.78, 5) is 23.8. The summed E-state index contributed by atoms with van der Waals surface area (Å²) in [5, 5.41) is 5.01. The van der Waals surface area contributed by atoms with Crippen LogP contribution in [0, 0.1) is 6.92 Å². The van der Waals surface area contributed by atoms with Gasteiger partial charge in [-0.25, -0.2) is 4.98 Å². The highest BCUT2D eigenvalue weighted by atomic mass is 32.1. The number of nitrogens with zero attached hydrogens (tertiary/aromatic N) is 4. The summed E-state index contributed by atoms with van der Waals surface area (Å²) in [5.74, 6) is 1.86. The molecule has 1 aliphatic heterocycles. The average molecular weight is 304 g/mol. The van der Waals surface area contributed by atoms with Crippen molar-refractivity contribution in [3.8, 4) is 0 Å². The molecule has 1 atom stereocenters. The summed E-state index contributed by atoms with van der Waals surface area (Å²) in [5.41, 5.74) is 0. The van der Waals surface area contributed by atoms with Crippen LogP contribution < -0.4 is 0 Å². The molecule has 7 heteroatoms. The van der Waals surface area contributed by atoms with E-state index in [1.807, 2.05) is 11.8 Å². The number of thiazole rings is 1. The van der Waals surface area contributed by atoms with Crippen LogP contribution in [0.4, 0.5) is 0 Å². The zero-order chi connectivity index (χ0) is 14.4. The SMILES string of the molecule is Cc1ncc(C(=O)N2CCCC2c2noc(C3CC3)n2)s1. The second kappa shape index (κ2) is 4.91. The van der Waals surface area contributed by atoms with E-state index in [2.05, 4.69) is 15.1 Å². The Morgan fingerprint density at radius 1 is 1.43 bits per heavy atom. The van der Waals surface area contributed by atoms with Gasteiger partial charge < -0.3 is 9.42 Å². The highest BCUT2D eigenvalue weighted by Gasteiger charge is 2.36. The molecule has 0 bridgehead atoms. The molecule has 0 spiro atoms. The Kier molecular flexibility index (Phi) is 3.02. The lowest BCUT2D eigenvalue weighted by Crippen LogP contribution is -2.30. The normalized spacial score (nSPS) is 22.0. The first-order valence-electron chi connectivity index (χ1n) is 7.29. The minimum atomic E-state index is -0.0591. The Morgan fingerprint density at radius 2 is 2.29 bits per heavy atom. The number of aromatic nitrogens is 3. The molecule has 1 aliphatic carbocycles. The number of hydrogen-bond acceptors (Lipinski definition) is 6. The fourth-order valence-corrected chi connectivity index (χ4v) is 3.49. The maximum Gasteiger partial charge on any atom is 0.266 e. The van der Waals surface area contributed by atoms with Crippen LogP contribution in [-0.4, -0.2) is 32.5 Å². The molecule has 0 N–H and O–H groups in total. The lowest BCUT2D eigenvalue weighted by Gasteiger charge is -2.21. The van der Waals surface area contributed by atoms with E-state index < -0.39 is 0 Å². The number of amides is 1. The molecule has 1 unspecified atom stereocenters. The maximum atomic E-state index is 12.6. The quantitative estimate of drug-likeness (QED) is 0.871. The third kappa shape index (κ3) is 2.35. The van der Waals surface area contributed by atoms with Crippen molar-refractivity contribution in [1.29, 1.82) is 0 Å². The van der Waals surface area contributed by atoms with E-state index in [4.69, 9.17) is 4.52 Å². The number of aryl methyl sites for hydroxylation is 1. The zero-order valence-electron chi connectivity index (χ0n) is 11.8. The van der Waals surface area contributed by atoms with Gasteiger partial charge in [0.1, 0.15) is 4.88 Å². The van der Waals surface area contributed by atoms with Crippen LogP contribution in [-0.2, 0) is 0 Å². The largest absolute Gasteiger partial charge is 0.339 e. The Hall–Kier alpha value is -1.76. The molecule has 2 aliphatic rings. The number of rotatable bonds is 3. The van der Waals surface area contributed by atoms with Crippen LogP contribution in [0.2, 0.25) is 0 Å². The van der Waals surface area contributed by atoms with Crippen LogP contribution in [0.1, 0.15) is 64.0 Å². The first-order chi connectivity index (χ1) is 10.2. The van der Waals surface area contributed by atoms with Crippen molar-refractivity contribution in [2.45, 2.75) is 44.6 Å². The molecule has 0 radical (unpaired) electrons. The molecule has 110 valence electrons. The summed E-state index contributed by atoms with van der Waals surface area (Å²) in [6.07, 6.45) is 5.79. The second-order valence-corrected chi connectivity index (χ2v) is 6.90. The minimum absolute atomic E-state index is 0.0286. The van der Waals surface area contributed by atoms with Crippen molar-refractivity contribution in [2.24, 2.45) is 0 Å². The molecule has 2 aromatic rings. The van der Waals surface area contributed by atoms with Crippen LogP contribution in [0.15, 0.2) is 10.7 Å². The predicted molar refractivity (Wildman–Crippen MR) is 76.1 cm³/mol. The van der Waals surface area contributed by atoms with Crippen molar-refractivity contribution >= 4 is 17.2 Å². The van der Waals surface area contributed by atoms with Gasteiger partial charge in [0.25, 0.3) is 5.91 Å². The molecule has 1 saturated heterocycles. The van der Waals surface area contributed by atoms with Gasteiger partial charge in [-0.3, -0.25) is 4.79 Å². The summed E-state index contributed by atoms with van der Waals surface area (Å²) >= 11 is 1.43. The van der Waals surface area contributed by atoms with Crippen LogP contribution in [0.3, 0.4) is 0 Å². The molecule has 1 saturated carbocycles. The number of carbonyl (C=O) groups excluding carboxylic acids is 1. The Labute approximate surface area is 126 Å². The van der Waals surface area contributed by atoms with E-state index in [0.717, 1.165) is 43.1 Å². The van der Waals surface area contributed by atoms with Crippen LogP contribution in [0.25, 0.3) is 0 Å². The zero-order valence-corrected chi connectivity index (χ0v) is 12.6. The van der Waals surface area contributed by atoms with Gasteiger partial charge in [0.15, 0.2) is 5.82 Å². The molecular formula is C14H16N4O2S. The van der Waals surface area contributed by atoms with E-state index in [9.17, 15) is 4.79 Å². The molecule has 3 heterocycles. The Morgan fingerprint density at radius 3 is 3.00 bits per heavy atom. The third-order valence-corrected chi connectivity index (χ3v) is 4.93. The van der Waals surface area contributed by atoms with Crippen molar-refractivity contribution < 1.29 is 9.32 Å². The van der Waals surface area contributed by atoms with Crippen molar-refractivity contribution in [2.75, 3.05) is 6.54 Å². The maximum absolute atomic E-state index is 12.6. The molecule has 2 aromatic heterocycles. The van der Waals surface area contributed by atoms with E-state index >= 15 is 0 Å². The first kappa shape index (κ1) is 12.9. The van der Waals surface area contributed by atoms with Crippen molar-refractivity contribution in [3.63, 3.8) is 0 Å². The fourth-order valence-electron chi connectivity index (χ4n) is 2.76. The monoisotopic (exact) mass is 304 g/mol. The van der Waals surface area contributed by atoms with Gasteiger partial charge in [-0.2, -0.15) is 4.98 Å². The summed E-state index contributed by atoms with van der Waals surface area (Å²) in [6.45, 7) is 2.65. The van der Waals surface area contributed by atoms with Gasteiger partial charge >= 0.3 is 0 Å². The van der Waals surface area contributed by atoms with Gasteiger partial charge in [0, 0.05) is 12.5 Å². The fraction of sp³-hybridized carbons (Fsp3) is 0.571. The lowest BCUT2D eigenvalue weighted by atomic mass is 10.2. The second-order valence-electron chi connectivity index (χ2n) is 5.67. The molecule has 6 nitrogen and oxygen atoms in total. The predicted octanol–water partition coefficient (Wildman–Crippen LogP) is 2.69. The molecule has 4 rings (SSSR count). The molecule has 1 amide bonds. The molecule has 2 fully saturated rings. The van der Waals surface area contributed by atoms with Crippen molar-refractivity contribution in [3.05, 3.63) is 27.8 Å². The van der Waals surface area contributed by atoms with Crippen LogP contribution >= 0.6 is 11.3 Å². The summed E-state index contributed by atoms with van der Waals surface area (Å²) < 4.78 is 5.33. The summed E-state index contributed by atoms with van der Waals surface area (Å²) in [7, 11) is 0. The molecular weight excluding hydrogens is 288 g/mol. The number of likely N-dealkylation sites (tertiary alicyclic amines) is 1. The van der Waals surface area contributed by atoms with Gasteiger partial charge in [-0.15, -0.1) is 11.3 Å². The van der Waals surface area contributed by atoms with E-state index in [1.54, 1.807) is 6.20 Å². The average Bonchev–Trinajstić information content (AvgIpc) is 2.94. The molecule has 21 heavy (non-hydrogen) atoms. The van der Waals surface area contributed by atoms with Gasteiger partial charge in [-0.05, 0) is 32.6 Å². The van der Waals surface area contributed by atoms with Crippen LogP contribution in [0.5, 0.6) is 0 Å². The van der Waals surface area contributed by atoms with E-state index in [-0.39, 0.29) is 11.9 Å². The number of hydrogen-bond donors (Lipinski definition) is 0. The minimum Gasteiger partial charge on any atom is -0.339 e. The smallest absolute Gasteiger partial charge is 0.266 e. The highest BCUT2D eigenvalue weighted by Crippen LogP contribution is 2.40. The van der Waals surface area contributed by atoms with Gasteiger partial charge in [0.2, 0.25) is 5.89 Å².